The number of halogens is 2. The molecule has 20 N–H and O–H groups in total. The number of anilines is 2. The van der Waals surface area contributed by atoms with Gasteiger partial charge in [-0.05, 0) is 61.4 Å². The fourth-order valence-corrected chi connectivity index (χ4v) is 2.95. The second-order valence-corrected chi connectivity index (χ2v) is 8.02. The Morgan fingerprint density at radius 1 is 0.538 bits per heavy atom. The van der Waals surface area contributed by atoms with Crippen LogP contribution in [0.4, 0.5) is 11.4 Å². The molecule has 0 aliphatic carbocycles. The first-order chi connectivity index (χ1) is 16.3. The van der Waals surface area contributed by atoms with Gasteiger partial charge in [-0.25, -0.2) is 0 Å². The first-order valence-electron chi connectivity index (χ1n) is 10.6. The summed E-state index contributed by atoms with van der Waals surface area (Å²) in [5.74, 6) is 0.564. The van der Waals surface area contributed by atoms with Crippen molar-refractivity contribution in [2.24, 2.45) is 42.9 Å². The third-order valence-electron chi connectivity index (χ3n) is 4.32. The van der Waals surface area contributed by atoms with Crippen LogP contribution in [-0.2, 0) is 0 Å². The maximum absolute atomic E-state index is 5.85. The number of hydrogen-bond donors (Lipinski definition) is 6. The van der Waals surface area contributed by atoms with Crippen LogP contribution < -0.4 is 33.6 Å². The highest BCUT2D eigenvalue weighted by molar-refractivity contribution is 6.31. The van der Waals surface area contributed by atoms with E-state index in [1.165, 1.54) is 0 Å². The Balaban J connectivity index is -0.00000122. The summed E-state index contributed by atoms with van der Waals surface area (Å²) in [6.07, 6.45) is 3.68. The van der Waals surface area contributed by atoms with E-state index in [4.69, 9.17) is 46.1 Å². The van der Waals surface area contributed by atoms with Gasteiger partial charge >= 0.3 is 0 Å². The zero-order chi connectivity index (χ0) is 24.8. The highest BCUT2D eigenvalue weighted by Gasteiger charge is 1.99. The number of nitrogens with two attached hydrogens (primary N) is 4. The summed E-state index contributed by atoms with van der Waals surface area (Å²) in [7, 11) is 0. The molecule has 0 spiro atoms. The molecule has 17 heteroatoms. The Hall–Kier alpha value is -3.70. The maximum Gasteiger partial charge on any atom is 0.218 e. The third-order valence-corrected chi connectivity index (χ3v) is 4.82. The van der Waals surface area contributed by atoms with E-state index in [9.17, 15) is 0 Å². The molecule has 2 aromatic carbocycles. The smallest absolute Gasteiger partial charge is 0.218 e. The van der Waals surface area contributed by atoms with Gasteiger partial charge in [0.05, 0.1) is 0 Å². The summed E-state index contributed by atoms with van der Waals surface area (Å²) >= 11 is 11.7. The molecular weight excluding hydrogens is 555 g/mol. The van der Waals surface area contributed by atoms with Crippen LogP contribution in [0.3, 0.4) is 0 Å². The van der Waals surface area contributed by atoms with Gasteiger partial charge in [0.2, 0.25) is 23.8 Å². The Labute approximate surface area is 236 Å². The van der Waals surface area contributed by atoms with Crippen molar-refractivity contribution in [3.8, 4) is 0 Å². The standard InChI is InChI=1S/C22H30Cl2N10.5H2O/c23-15-5-9-17(10-6-15)31-21(27)33-19(25)29-13-3-1-2-4-14-30-20(26)34-22(28)32-18-11-7-16(24)8-12-18;;;;;/h5-12H,1-4,13-14H2,(H5,25,27,29,31,33)(H5,26,28,30,32,34);5*1H2. The molecule has 0 aliphatic heterocycles. The van der Waals surface area contributed by atoms with Crippen molar-refractivity contribution < 1.29 is 27.4 Å². The molecular formula is C22H40Cl2N10O5. The van der Waals surface area contributed by atoms with Crippen LogP contribution in [0.1, 0.15) is 25.7 Å². The summed E-state index contributed by atoms with van der Waals surface area (Å²) in [6, 6.07) is 14.1. The lowest BCUT2D eigenvalue weighted by atomic mass is 10.2. The lowest BCUT2D eigenvalue weighted by Gasteiger charge is -2.05. The summed E-state index contributed by atoms with van der Waals surface area (Å²) in [5.41, 5.74) is 24.8. The fraction of sp³-hybridized carbons (Fsp3) is 0.273. The second kappa shape index (κ2) is 23.4. The van der Waals surface area contributed by atoms with Crippen molar-refractivity contribution in [3.05, 3.63) is 58.6 Å². The fourth-order valence-electron chi connectivity index (χ4n) is 2.70. The highest BCUT2D eigenvalue weighted by Crippen LogP contribution is 2.13. The normalized spacial score (nSPS) is 11.4. The molecule has 0 unspecified atom stereocenters. The molecule has 0 fully saturated rings. The molecule has 0 heterocycles. The van der Waals surface area contributed by atoms with Crippen LogP contribution in [0.5, 0.6) is 0 Å². The first-order valence-corrected chi connectivity index (χ1v) is 11.4. The number of rotatable bonds is 9. The lowest BCUT2D eigenvalue weighted by Crippen LogP contribution is -2.26. The van der Waals surface area contributed by atoms with E-state index in [1.54, 1.807) is 48.5 Å². The molecule has 39 heavy (non-hydrogen) atoms. The number of unbranched alkanes of at least 4 members (excludes halogenated alkanes) is 3. The van der Waals surface area contributed by atoms with Crippen molar-refractivity contribution in [1.82, 2.24) is 0 Å². The minimum absolute atomic E-state index is 0. The molecule has 0 saturated carbocycles. The van der Waals surface area contributed by atoms with Crippen LogP contribution in [0.15, 0.2) is 68.5 Å². The SMILES string of the molecule is NC(=NCCCCCCN=C(N)N=C(N)Nc1ccc(Cl)cc1)N=C(N)Nc1ccc(Cl)cc1.O.O.O.O.O. The summed E-state index contributed by atoms with van der Waals surface area (Å²) < 4.78 is 0. The molecule has 15 nitrogen and oxygen atoms in total. The number of guanidine groups is 4. The summed E-state index contributed by atoms with van der Waals surface area (Å²) in [4.78, 5) is 16.5. The summed E-state index contributed by atoms with van der Waals surface area (Å²) in [6.45, 7) is 1.12. The zero-order valence-electron chi connectivity index (χ0n) is 21.2. The van der Waals surface area contributed by atoms with Gasteiger partial charge in [-0.1, -0.05) is 36.0 Å². The molecule has 2 aromatic rings. The van der Waals surface area contributed by atoms with Gasteiger partial charge in [0.25, 0.3) is 0 Å². The molecule has 222 valence electrons. The Morgan fingerprint density at radius 2 is 0.846 bits per heavy atom. The topological polar surface area (TPSA) is 335 Å². The molecule has 0 aliphatic rings. The number of benzene rings is 2. The van der Waals surface area contributed by atoms with Gasteiger partial charge in [-0.2, -0.15) is 9.98 Å². The van der Waals surface area contributed by atoms with E-state index in [0.29, 0.717) is 23.1 Å². The molecule has 0 amide bonds. The van der Waals surface area contributed by atoms with E-state index in [1.807, 2.05) is 0 Å². The number of hydrogen-bond acceptors (Lipinski definition) is 2. The van der Waals surface area contributed by atoms with Crippen LogP contribution in [0.25, 0.3) is 0 Å². The summed E-state index contributed by atoms with van der Waals surface area (Å²) in [5, 5.41) is 7.11. The third kappa shape index (κ3) is 19.1. The van der Waals surface area contributed by atoms with E-state index in [0.717, 1.165) is 37.1 Å². The van der Waals surface area contributed by atoms with Crippen LogP contribution in [0.2, 0.25) is 10.0 Å². The van der Waals surface area contributed by atoms with Crippen molar-refractivity contribution in [2.45, 2.75) is 25.7 Å². The maximum atomic E-state index is 5.85. The van der Waals surface area contributed by atoms with Crippen molar-refractivity contribution in [2.75, 3.05) is 23.7 Å². The van der Waals surface area contributed by atoms with E-state index >= 15 is 0 Å². The second-order valence-electron chi connectivity index (χ2n) is 7.15. The minimum atomic E-state index is 0. The lowest BCUT2D eigenvalue weighted by molar-refractivity contribution is 0.653. The number of nitrogens with one attached hydrogen (secondary N) is 2. The van der Waals surface area contributed by atoms with Crippen molar-refractivity contribution in [3.63, 3.8) is 0 Å². The van der Waals surface area contributed by atoms with Crippen LogP contribution >= 0.6 is 23.2 Å². The number of nitrogens with zero attached hydrogens (tertiary/aromatic N) is 4. The van der Waals surface area contributed by atoms with Gasteiger partial charge in [0.15, 0.2) is 0 Å². The molecule has 0 atom stereocenters. The number of aliphatic imine (C=N–C) groups is 4. The Kier molecular flexibility index (Phi) is 25.5. The van der Waals surface area contributed by atoms with Crippen molar-refractivity contribution >= 4 is 58.4 Å². The van der Waals surface area contributed by atoms with Gasteiger partial charge < -0.3 is 60.9 Å². The van der Waals surface area contributed by atoms with Gasteiger partial charge in [0.1, 0.15) is 0 Å². The van der Waals surface area contributed by atoms with Crippen LogP contribution in [0, 0.1) is 0 Å². The quantitative estimate of drug-likeness (QED) is 0.122. The molecule has 0 bridgehead atoms. The van der Waals surface area contributed by atoms with Gasteiger partial charge in [-0.3, -0.25) is 9.98 Å². The Bertz CT molecular complexity index is 953. The van der Waals surface area contributed by atoms with E-state index in [-0.39, 0.29) is 51.2 Å². The first kappa shape index (κ1) is 42.4. The highest BCUT2D eigenvalue weighted by atomic mass is 35.5. The Morgan fingerprint density at radius 3 is 1.15 bits per heavy atom. The zero-order valence-corrected chi connectivity index (χ0v) is 22.7. The van der Waals surface area contributed by atoms with Gasteiger partial charge in [-0.15, -0.1) is 0 Å². The van der Waals surface area contributed by atoms with Crippen molar-refractivity contribution in [1.29, 1.82) is 0 Å². The monoisotopic (exact) mass is 594 g/mol. The average Bonchev–Trinajstić information content (AvgIpc) is 2.78. The van der Waals surface area contributed by atoms with Gasteiger partial charge in [0, 0.05) is 34.5 Å². The molecule has 0 saturated heterocycles. The average molecular weight is 596 g/mol. The van der Waals surface area contributed by atoms with E-state index in [2.05, 4.69) is 30.6 Å². The largest absolute Gasteiger partial charge is 0.412 e. The predicted molar refractivity (Wildman–Crippen MR) is 163 cm³/mol. The minimum Gasteiger partial charge on any atom is -0.412 e. The molecule has 0 aromatic heterocycles. The molecule has 2 rings (SSSR count). The van der Waals surface area contributed by atoms with E-state index < -0.39 is 0 Å². The van der Waals surface area contributed by atoms with Crippen LogP contribution in [-0.4, -0.2) is 64.3 Å². The molecule has 0 radical (unpaired) electrons. The predicted octanol–water partition coefficient (Wildman–Crippen LogP) is -0.787.